The molecule has 1 saturated heterocycles. The SMILES string of the molecule is N#C[C@]1(c2ccccn2)Cc2ccccc2N2CCC[C@H]21. The average Bonchev–Trinajstić information content (AvgIpc) is 3.05. The van der Waals surface area contributed by atoms with Crippen LogP contribution in [0.3, 0.4) is 0 Å². The second-order valence-corrected chi connectivity index (χ2v) is 5.96. The predicted molar refractivity (Wildman–Crippen MR) is 82.0 cm³/mol. The molecule has 2 aliphatic rings. The molecule has 2 aromatic rings. The van der Waals surface area contributed by atoms with E-state index in [4.69, 9.17) is 0 Å². The van der Waals surface area contributed by atoms with E-state index in [0.29, 0.717) is 0 Å². The third-order valence-electron chi connectivity index (χ3n) is 4.91. The molecule has 0 saturated carbocycles. The van der Waals surface area contributed by atoms with E-state index < -0.39 is 5.41 Å². The summed E-state index contributed by atoms with van der Waals surface area (Å²) in [6, 6.07) is 17.3. The molecular formula is C18H17N3. The summed E-state index contributed by atoms with van der Waals surface area (Å²) >= 11 is 0. The number of para-hydroxylation sites is 1. The number of nitrogens with zero attached hydrogens (tertiary/aromatic N) is 3. The molecule has 3 heteroatoms. The van der Waals surface area contributed by atoms with Crippen LogP contribution in [0.15, 0.2) is 48.7 Å². The normalized spacial score (nSPS) is 26.8. The van der Waals surface area contributed by atoms with E-state index in [-0.39, 0.29) is 6.04 Å². The van der Waals surface area contributed by atoms with Crippen molar-refractivity contribution in [2.45, 2.75) is 30.7 Å². The number of aromatic nitrogens is 1. The second kappa shape index (κ2) is 4.60. The number of anilines is 1. The van der Waals surface area contributed by atoms with Gasteiger partial charge in [-0.2, -0.15) is 5.26 Å². The van der Waals surface area contributed by atoms with Gasteiger partial charge in [-0.05, 0) is 36.6 Å². The van der Waals surface area contributed by atoms with Gasteiger partial charge in [-0.1, -0.05) is 24.3 Å². The predicted octanol–water partition coefficient (Wildman–Crippen LogP) is 3.07. The van der Waals surface area contributed by atoms with Crippen molar-refractivity contribution in [3.8, 4) is 6.07 Å². The first-order valence-electron chi connectivity index (χ1n) is 7.52. The highest BCUT2D eigenvalue weighted by Crippen LogP contribution is 2.46. The lowest BCUT2D eigenvalue weighted by molar-refractivity contribution is 0.401. The number of hydrogen-bond donors (Lipinski definition) is 0. The van der Waals surface area contributed by atoms with E-state index in [9.17, 15) is 5.26 Å². The van der Waals surface area contributed by atoms with E-state index in [1.807, 2.05) is 18.2 Å². The van der Waals surface area contributed by atoms with Crippen LogP contribution in [0.25, 0.3) is 0 Å². The number of fused-ring (bicyclic) bond motifs is 3. The third-order valence-corrected chi connectivity index (χ3v) is 4.91. The van der Waals surface area contributed by atoms with Crippen molar-refractivity contribution < 1.29 is 0 Å². The quantitative estimate of drug-likeness (QED) is 0.803. The highest BCUT2D eigenvalue weighted by Gasteiger charge is 2.50. The Labute approximate surface area is 124 Å². The standard InChI is InChI=1S/C18H17N3/c19-13-18(16-8-3-4-10-20-16)12-14-6-1-2-7-15(14)21-11-5-9-17(18)21/h1-4,6-8,10,17H,5,9,11-12H2/t17-,18-/m0/s1. The Bertz CT molecular complexity index is 704. The van der Waals surface area contributed by atoms with E-state index >= 15 is 0 Å². The van der Waals surface area contributed by atoms with Gasteiger partial charge in [0.05, 0.1) is 17.8 Å². The first-order valence-corrected chi connectivity index (χ1v) is 7.52. The number of benzene rings is 1. The summed E-state index contributed by atoms with van der Waals surface area (Å²) in [7, 11) is 0. The smallest absolute Gasteiger partial charge is 0.123 e. The van der Waals surface area contributed by atoms with Crippen LogP contribution in [0.5, 0.6) is 0 Å². The van der Waals surface area contributed by atoms with Gasteiger partial charge < -0.3 is 4.90 Å². The van der Waals surface area contributed by atoms with Gasteiger partial charge >= 0.3 is 0 Å². The molecule has 1 fully saturated rings. The zero-order valence-corrected chi connectivity index (χ0v) is 11.9. The van der Waals surface area contributed by atoms with Crippen molar-refractivity contribution in [1.82, 2.24) is 4.98 Å². The highest BCUT2D eigenvalue weighted by molar-refractivity contribution is 5.62. The molecular weight excluding hydrogens is 258 g/mol. The Morgan fingerprint density at radius 2 is 2.05 bits per heavy atom. The van der Waals surface area contributed by atoms with Crippen molar-refractivity contribution in [2.24, 2.45) is 0 Å². The minimum Gasteiger partial charge on any atom is -0.366 e. The molecule has 0 aliphatic carbocycles. The number of rotatable bonds is 1. The molecule has 3 nitrogen and oxygen atoms in total. The Hall–Kier alpha value is -2.34. The summed E-state index contributed by atoms with van der Waals surface area (Å²) < 4.78 is 0. The van der Waals surface area contributed by atoms with Gasteiger partial charge in [0.25, 0.3) is 0 Å². The summed E-state index contributed by atoms with van der Waals surface area (Å²) in [6.07, 6.45) is 4.78. The molecule has 3 heterocycles. The third kappa shape index (κ3) is 1.69. The Balaban J connectivity index is 1.92. The zero-order chi connectivity index (χ0) is 14.3. The van der Waals surface area contributed by atoms with Crippen LogP contribution in [-0.2, 0) is 11.8 Å². The van der Waals surface area contributed by atoms with E-state index in [2.05, 4.69) is 40.2 Å². The lowest BCUT2D eigenvalue weighted by atomic mass is 9.70. The molecule has 21 heavy (non-hydrogen) atoms. The molecule has 104 valence electrons. The molecule has 2 atom stereocenters. The van der Waals surface area contributed by atoms with Gasteiger partial charge in [0.1, 0.15) is 5.41 Å². The Morgan fingerprint density at radius 1 is 1.19 bits per heavy atom. The van der Waals surface area contributed by atoms with Crippen molar-refractivity contribution in [1.29, 1.82) is 5.26 Å². The molecule has 0 amide bonds. The summed E-state index contributed by atoms with van der Waals surface area (Å²) in [5, 5.41) is 10.1. The molecule has 0 N–H and O–H groups in total. The molecule has 0 radical (unpaired) electrons. The van der Waals surface area contributed by atoms with Gasteiger partial charge in [0.15, 0.2) is 0 Å². The van der Waals surface area contributed by atoms with E-state index in [1.54, 1.807) is 6.20 Å². The van der Waals surface area contributed by atoms with Crippen molar-refractivity contribution in [2.75, 3.05) is 11.4 Å². The lowest BCUT2D eigenvalue weighted by Gasteiger charge is -2.44. The Morgan fingerprint density at radius 3 is 2.86 bits per heavy atom. The maximum atomic E-state index is 10.1. The monoisotopic (exact) mass is 275 g/mol. The summed E-state index contributed by atoms with van der Waals surface area (Å²) in [5.74, 6) is 0. The maximum Gasteiger partial charge on any atom is 0.123 e. The molecule has 0 unspecified atom stereocenters. The summed E-state index contributed by atoms with van der Waals surface area (Å²) in [6.45, 7) is 1.04. The first-order chi connectivity index (χ1) is 10.3. The lowest BCUT2D eigenvalue weighted by Crippen LogP contribution is -2.52. The average molecular weight is 275 g/mol. The summed E-state index contributed by atoms with van der Waals surface area (Å²) in [4.78, 5) is 6.96. The summed E-state index contributed by atoms with van der Waals surface area (Å²) in [5.41, 5.74) is 2.97. The minimum atomic E-state index is -0.522. The number of nitriles is 1. The van der Waals surface area contributed by atoms with Crippen LogP contribution >= 0.6 is 0 Å². The fraction of sp³-hybridized carbons (Fsp3) is 0.333. The van der Waals surface area contributed by atoms with E-state index in [0.717, 1.165) is 31.5 Å². The largest absolute Gasteiger partial charge is 0.366 e. The van der Waals surface area contributed by atoms with Gasteiger partial charge in [0.2, 0.25) is 0 Å². The van der Waals surface area contributed by atoms with Crippen LogP contribution < -0.4 is 4.90 Å². The number of hydrogen-bond acceptors (Lipinski definition) is 3. The fourth-order valence-corrected chi connectivity index (χ4v) is 3.99. The molecule has 2 aliphatic heterocycles. The highest BCUT2D eigenvalue weighted by atomic mass is 15.2. The zero-order valence-electron chi connectivity index (χ0n) is 11.9. The molecule has 4 rings (SSSR count). The van der Waals surface area contributed by atoms with Crippen molar-refractivity contribution in [3.05, 3.63) is 59.9 Å². The van der Waals surface area contributed by atoms with Gasteiger partial charge in [-0.3, -0.25) is 4.98 Å². The van der Waals surface area contributed by atoms with Crippen molar-refractivity contribution in [3.63, 3.8) is 0 Å². The van der Waals surface area contributed by atoms with Crippen molar-refractivity contribution >= 4 is 5.69 Å². The van der Waals surface area contributed by atoms with Crippen LogP contribution in [0.2, 0.25) is 0 Å². The van der Waals surface area contributed by atoms with Crippen LogP contribution in [0.1, 0.15) is 24.1 Å². The fourth-order valence-electron chi connectivity index (χ4n) is 3.99. The maximum absolute atomic E-state index is 10.1. The van der Waals surface area contributed by atoms with Gasteiger partial charge in [-0.25, -0.2) is 0 Å². The van der Waals surface area contributed by atoms with E-state index in [1.165, 1.54) is 11.3 Å². The molecule has 1 aromatic carbocycles. The first kappa shape index (κ1) is 12.4. The van der Waals surface area contributed by atoms with Gasteiger partial charge in [0, 0.05) is 24.8 Å². The molecule has 1 aromatic heterocycles. The number of pyridine rings is 1. The topological polar surface area (TPSA) is 39.9 Å². The molecule has 0 bridgehead atoms. The minimum absolute atomic E-state index is 0.243. The molecule has 0 spiro atoms. The van der Waals surface area contributed by atoms with Crippen LogP contribution in [-0.4, -0.2) is 17.6 Å². The Kier molecular flexibility index (Phi) is 2.71. The van der Waals surface area contributed by atoms with Crippen LogP contribution in [0.4, 0.5) is 5.69 Å². The van der Waals surface area contributed by atoms with Crippen LogP contribution in [0, 0.1) is 11.3 Å². The van der Waals surface area contributed by atoms with Gasteiger partial charge in [-0.15, -0.1) is 0 Å². The second-order valence-electron chi connectivity index (χ2n) is 5.96.